The quantitative estimate of drug-likeness (QED) is 0.813. The average Bonchev–Trinajstić information content (AvgIpc) is 2.41. The molecule has 3 unspecified atom stereocenters. The van der Waals surface area contributed by atoms with Crippen molar-refractivity contribution in [1.29, 1.82) is 0 Å². The van der Waals surface area contributed by atoms with E-state index in [2.05, 4.69) is 24.1 Å². The van der Waals surface area contributed by atoms with Crippen LogP contribution in [0.4, 0.5) is 0 Å². The van der Waals surface area contributed by atoms with Gasteiger partial charge in [-0.3, -0.25) is 4.90 Å². The Kier molecular flexibility index (Phi) is 5.93. The summed E-state index contributed by atoms with van der Waals surface area (Å²) in [5, 5.41) is 3.65. The highest BCUT2D eigenvalue weighted by Crippen LogP contribution is 2.28. The summed E-state index contributed by atoms with van der Waals surface area (Å²) < 4.78 is 5.82. The predicted molar refractivity (Wildman–Crippen MR) is 75.8 cm³/mol. The van der Waals surface area contributed by atoms with Gasteiger partial charge in [0.15, 0.2) is 0 Å². The van der Waals surface area contributed by atoms with Crippen LogP contribution in [-0.2, 0) is 4.74 Å². The Hall–Kier alpha value is -0.120. The van der Waals surface area contributed by atoms with E-state index in [4.69, 9.17) is 4.74 Å². The van der Waals surface area contributed by atoms with Gasteiger partial charge in [-0.1, -0.05) is 33.1 Å². The summed E-state index contributed by atoms with van der Waals surface area (Å²) in [7, 11) is 0. The normalized spacial score (nSPS) is 34.7. The lowest BCUT2D eigenvalue weighted by molar-refractivity contribution is -0.0258. The summed E-state index contributed by atoms with van der Waals surface area (Å²) in [5.41, 5.74) is 0. The van der Waals surface area contributed by atoms with Crippen LogP contribution in [0.3, 0.4) is 0 Å². The smallest absolute Gasteiger partial charge is 0.0826 e. The summed E-state index contributed by atoms with van der Waals surface area (Å²) in [6.45, 7) is 11.1. The maximum atomic E-state index is 5.82. The third-order valence-corrected chi connectivity index (χ3v) is 4.74. The summed E-state index contributed by atoms with van der Waals surface area (Å²) in [6, 6.07) is 0. The van der Waals surface area contributed by atoms with Crippen molar-refractivity contribution in [3.63, 3.8) is 0 Å². The number of likely N-dealkylation sites (N-methyl/N-ethyl adjacent to an activating group) is 1. The molecular weight excluding hydrogens is 224 g/mol. The van der Waals surface area contributed by atoms with E-state index in [1.165, 1.54) is 32.2 Å². The Balaban J connectivity index is 1.62. The van der Waals surface area contributed by atoms with Crippen molar-refractivity contribution < 1.29 is 4.74 Å². The minimum absolute atomic E-state index is 0.401. The highest BCUT2D eigenvalue weighted by atomic mass is 16.5. The van der Waals surface area contributed by atoms with Crippen LogP contribution in [-0.4, -0.2) is 50.3 Å². The standard InChI is InChI=1S/C15H30N2O/c1-3-17-8-9-18-15(12-17)11-16-10-14-7-5-4-6-13(14)2/h13-16H,3-12H2,1-2H3. The fourth-order valence-corrected chi connectivity index (χ4v) is 3.32. The zero-order chi connectivity index (χ0) is 12.8. The Labute approximate surface area is 112 Å². The first-order valence-electron chi connectivity index (χ1n) is 7.84. The molecule has 3 nitrogen and oxygen atoms in total. The molecule has 18 heavy (non-hydrogen) atoms. The van der Waals surface area contributed by atoms with Gasteiger partial charge in [-0.2, -0.15) is 0 Å². The number of morpholine rings is 1. The van der Waals surface area contributed by atoms with E-state index >= 15 is 0 Å². The minimum atomic E-state index is 0.401. The number of hydrogen-bond donors (Lipinski definition) is 1. The number of nitrogens with one attached hydrogen (secondary N) is 1. The summed E-state index contributed by atoms with van der Waals surface area (Å²) in [5.74, 6) is 1.80. The van der Waals surface area contributed by atoms with Gasteiger partial charge in [-0.05, 0) is 31.3 Å². The first-order chi connectivity index (χ1) is 8.79. The molecular formula is C15H30N2O. The molecule has 0 aromatic heterocycles. The molecule has 1 aliphatic heterocycles. The van der Waals surface area contributed by atoms with E-state index in [1.807, 2.05) is 0 Å². The molecule has 1 heterocycles. The number of rotatable bonds is 5. The second-order valence-electron chi connectivity index (χ2n) is 6.07. The van der Waals surface area contributed by atoms with Crippen molar-refractivity contribution in [3.8, 4) is 0 Å². The zero-order valence-electron chi connectivity index (χ0n) is 12.2. The van der Waals surface area contributed by atoms with Crippen LogP contribution in [0, 0.1) is 11.8 Å². The molecule has 0 spiro atoms. The van der Waals surface area contributed by atoms with Crippen molar-refractivity contribution in [2.45, 2.75) is 45.6 Å². The highest BCUT2D eigenvalue weighted by Gasteiger charge is 2.22. The van der Waals surface area contributed by atoms with E-state index in [1.54, 1.807) is 0 Å². The van der Waals surface area contributed by atoms with Crippen LogP contribution >= 0.6 is 0 Å². The number of ether oxygens (including phenoxy) is 1. The monoisotopic (exact) mass is 254 g/mol. The third kappa shape index (κ3) is 4.22. The molecule has 1 aliphatic carbocycles. The first kappa shape index (κ1) is 14.3. The molecule has 2 fully saturated rings. The van der Waals surface area contributed by atoms with Gasteiger partial charge in [0.2, 0.25) is 0 Å². The molecule has 0 bridgehead atoms. The summed E-state index contributed by atoms with van der Waals surface area (Å²) in [4.78, 5) is 2.49. The lowest BCUT2D eigenvalue weighted by Crippen LogP contribution is -2.47. The van der Waals surface area contributed by atoms with E-state index in [0.29, 0.717) is 6.10 Å². The lowest BCUT2D eigenvalue weighted by atomic mass is 9.80. The van der Waals surface area contributed by atoms with E-state index in [9.17, 15) is 0 Å². The fraction of sp³-hybridized carbons (Fsp3) is 1.00. The SMILES string of the molecule is CCN1CCOC(CNCC2CCCCC2C)C1. The van der Waals surface area contributed by atoms with E-state index in [-0.39, 0.29) is 0 Å². The van der Waals surface area contributed by atoms with Crippen molar-refractivity contribution in [2.75, 3.05) is 39.3 Å². The molecule has 3 heteroatoms. The van der Waals surface area contributed by atoms with Gasteiger partial charge in [0, 0.05) is 19.6 Å². The second kappa shape index (κ2) is 7.46. The van der Waals surface area contributed by atoms with Crippen LogP contribution in [0.2, 0.25) is 0 Å². The zero-order valence-corrected chi connectivity index (χ0v) is 12.2. The highest BCUT2D eigenvalue weighted by molar-refractivity contribution is 4.77. The Morgan fingerprint density at radius 3 is 2.83 bits per heavy atom. The molecule has 2 aliphatic rings. The minimum Gasteiger partial charge on any atom is -0.374 e. The van der Waals surface area contributed by atoms with Gasteiger partial charge >= 0.3 is 0 Å². The van der Waals surface area contributed by atoms with Crippen molar-refractivity contribution in [3.05, 3.63) is 0 Å². The summed E-state index contributed by atoms with van der Waals surface area (Å²) in [6.07, 6.45) is 6.11. The van der Waals surface area contributed by atoms with Crippen LogP contribution in [0.15, 0.2) is 0 Å². The molecule has 1 N–H and O–H groups in total. The molecule has 0 radical (unpaired) electrons. The van der Waals surface area contributed by atoms with Crippen molar-refractivity contribution in [1.82, 2.24) is 10.2 Å². The van der Waals surface area contributed by atoms with Gasteiger partial charge in [0.1, 0.15) is 0 Å². The van der Waals surface area contributed by atoms with Gasteiger partial charge in [-0.15, -0.1) is 0 Å². The number of hydrogen-bond acceptors (Lipinski definition) is 3. The molecule has 0 amide bonds. The van der Waals surface area contributed by atoms with Crippen molar-refractivity contribution in [2.24, 2.45) is 11.8 Å². The Morgan fingerprint density at radius 2 is 2.06 bits per heavy atom. The average molecular weight is 254 g/mol. The summed E-state index contributed by atoms with van der Waals surface area (Å²) >= 11 is 0. The molecule has 0 aromatic rings. The maximum Gasteiger partial charge on any atom is 0.0826 e. The van der Waals surface area contributed by atoms with Crippen LogP contribution in [0.1, 0.15) is 39.5 Å². The molecule has 106 valence electrons. The fourth-order valence-electron chi connectivity index (χ4n) is 3.32. The maximum absolute atomic E-state index is 5.82. The van der Waals surface area contributed by atoms with Gasteiger partial charge in [0.05, 0.1) is 12.7 Å². The van der Waals surface area contributed by atoms with Crippen LogP contribution < -0.4 is 5.32 Å². The van der Waals surface area contributed by atoms with E-state index in [0.717, 1.165) is 44.6 Å². The third-order valence-electron chi connectivity index (χ3n) is 4.74. The van der Waals surface area contributed by atoms with Crippen molar-refractivity contribution >= 4 is 0 Å². The topological polar surface area (TPSA) is 24.5 Å². The predicted octanol–water partition coefficient (Wildman–Crippen LogP) is 2.12. The first-order valence-corrected chi connectivity index (χ1v) is 7.84. The van der Waals surface area contributed by atoms with Gasteiger partial charge < -0.3 is 10.1 Å². The van der Waals surface area contributed by atoms with E-state index < -0.39 is 0 Å². The molecule has 1 saturated carbocycles. The molecule has 0 aromatic carbocycles. The van der Waals surface area contributed by atoms with Crippen LogP contribution in [0.5, 0.6) is 0 Å². The largest absolute Gasteiger partial charge is 0.374 e. The van der Waals surface area contributed by atoms with Gasteiger partial charge in [-0.25, -0.2) is 0 Å². The number of nitrogens with zero attached hydrogens (tertiary/aromatic N) is 1. The van der Waals surface area contributed by atoms with Gasteiger partial charge in [0.25, 0.3) is 0 Å². The molecule has 2 rings (SSSR count). The lowest BCUT2D eigenvalue weighted by Gasteiger charge is -2.33. The Bertz CT molecular complexity index is 235. The Morgan fingerprint density at radius 1 is 1.22 bits per heavy atom. The second-order valence-corrected chi connectivity index (χ2v) is 6.07. The molecule has 3 atom stereocenters. The van der Waals surface area contributed by atoms with Crippen LogP contribution in [0.25, 0.3) is 0 Å². The molecule has 1 saturated heterocycles.